The van der Waals surface area contributed by atoms with Crippen molar-refractivity contribution in [1.29, 1.82) is 0 Å². The van der Waals surface area contributed by atoms with Crippen LogP contribution in [0.5, 0.6) is 5.75 Å². The Morgan fingerprint density at radius 2 is 2.17 bits per heavy atom. The van der Waals surface area contributed by atoms with Crippen molar-refractivity contribution in [3.8, 4) is 5.75 Å². The fourth-order valence-corrected chi connectivity index (χ4v) is 2.02. The van der Waals surface area contributed by atoms with Gasteiger partial charge in [0, 0.05) is 13.1 Å². The van der Waals surface area contributed by atoms with Gasteiger partial charge in [-0.25, -0.2) is 0 Å². The predicted molar refractivity (Wildman–Crippen MR) is 68.5 cm³/mol. The van der Waals surface area contributed by atoms with E-state index in [9.17, 15) is 9.90 Å². The lowest BCUT2D eigenvalue weighted by Crippen LogP contribution is -2.30. The molecule has 98 valence electrons. The molecule has 1 aliphatic heterocycles. The molecule has 1 aliphatic rings. The molecule has 1 fully saturated rings. The zero-order chi connectivity index (χ0) is 13.0. The molecule has 1 saturated heterocycles. The van der Waals surface area contributed by atoms with E-state index >= 15 is 0 Å². The minimum absolute atomic E-state index is 0.0543. The van der Waals surface area contributed by atoms with Crippen LogP contribution in [0.1, 0.15) is 18.4 Å². The summed E-state index contributed by atoms with van der Waals surface area (Å²) < 4.78 is 5.51. The summed E-state index contributed by atoms with van der Waals surface area (Å²) >= 11 is 0. The van der Waals surface area contributed by atoms with Gasteiger partial charge in [0.25, 0.3) is 0 Å². The minimum Gasteiger partial charge on any atom is -0.493 e. The number of aliphatic hydroxyl groups is 1. The standard InChI is InChI=1S/C14H19NO3/c1-11-2-4-13(5-3-11)18-9-7-14(17)15-8-6-12(16)10-15/h2-5,12,16H,6-10H2,1H3. The largest absolute Gasteiger partial charge is 0.493 e. The third-order valence-corrected chi connectivity index (χ3v) is 3.12. The van der Waals surface area contributed by atoms with Crippen molar-refractivity contribution in [2.24, 2.45) is 0 Å². The molecule has 1 amide bonds. The Bertz CT molecular complexity index is 402. The molecule has 0 saturated carbocycles. The molecule has 0 aliphatic carbocycles. The fourth-order valence-electron chi connectivity index (χ4n) is 2.02. The molecule has 0 bridgehead atoms. The molecule has 0 aromatic heterocycles. The number of ether oxygens (including phenoxy) is 1. The average Bonchev–Trinajstić information content (AvgIpc) is 2.78. The predicted octanol–water partition coefficient (Wildman–Crippen LogP) is 1.36. The lowest BCUT2D eigenvalue weighted by atomic mass is 10.2. The van der Waals surface area contributed by atoms with Crippen LogP contribution < -0.4 is 4.74 Å². The van der Waals surface area contributed by atoms with Crippen LogP contribution in [0.3, 0.4) is 0 Å². The van der Waals surface area contributed by atoms with E-state index in [2.05, 4.69) is 0 Å². The number of carbonyl (C=O) groups excluding carboxylic acids is 1. The van der Waals surface area contributed by atoms with Crippen LogP contribution in [0, 0.1) is 6.92 Å². The number of nitrogens with zero attached hydrogens (tertiary/aromatic N) is 1. The minimum atomic E-state index is -0.355. The number of β-amino-alcohol motifs (C(OH)–C–C–N with tert-alkyl or cyclic N) is 1. The van der Waals surface area contributed by atoms with Crippen molar-refractivity contribution in [2.75, 3.05) is 19.7 Å². The molecule has 1 atom stereocenters. The number of likely N-dealkylation sites (tertiary alicyclic amines) is 1. The molecule has 18 heavy (non-hydrogen) atoms. The van der Waals surface area contributed by atoms with Crippen molar-refractivity contribution in [1.82, 2.24) is 4.90 Å². The molecular weight excluding hydrogens is 230 g/mol. The Labute approximate surface area is 107 Å². The van der Waals surface area contributed by atoms with Crippen molar-refractivity contribution in [3.63, 3.8) is 0 Å². The van der Waals surface area contributed by atoms with E-state index < -0.39 is 0 Å². The number of benzene rings is 1. The number of hydrogen-bond acceptors (Lipinski definition) is 3. The second-order valence-corrected chi connectivity index (χ2v) is 4.69. The summed E-state index contributed by atoms with van der Waals surface area (Å²) in [5.74, 6) is 0.841. The van der Waals surface area contributed by atoms with Gasteiger partial charge >= 0.3 is 0 Å². The van der Waals surface area contributed by atoms with E-state index in [4.69, 9.17) is 4.74 Å². The van der Waals surface area contributed by atoms with Crippen molar-refractivity contribution < 1.29 is 14.6 Å². The first-order valence-corrected chi connectivity index (χ1v) is 6.30. The first kappa shape index (κ1) is 12.9. The van der Waals surface area contributed by atoms with E-state index in [1.807, 2.05) is 31.2 Å². The Hall–Kier alpha value is -1.55. The molecule has 1 unspecified atom stereocenters. The Balaban J connectivity index is 1.72. The van der Waals surface area contributed by atoms with Crippen LogP contribution >= 0.6 is 0 Å². The Morgan fingerprint density at radius 3 is 2.78 bits per heavy atom. The van der Waals surface area contributed by atoms with Crippen LogP contribution in [0.2, 0.25) is 0 Å². The second kappa shape index (κ2) is 5.87. The van der Waals surface area contributed by atoms with Gasteiger partial charge in [-0.2, -0.15) is 0 Å². The molecule has 1 N–H and O–H groups in total. The molecule has 4 nitrogen and oxygen atoms in total. The summed E-state index contributed by atoms with van der Waals surface area (Å²) in [4.78, 5) is 13.5. The molecule has 4 heteroatoms. The monoisotopic (exact) mass is 249 g/mol. The highest BCUT2D eigenvalue weighted by Crippen LogP contribution is 2.13. The molecule has 0 radical (unpaired) electrons. The highest BCUT2D eigenvalue weighted by molar-refractivity contribution is 5.76. The van der Waals surface area contributed by atoms with E-state index in [0.29, 0.717) is 32.5 Å². The number of hydrogen-bond donors (Lipinski definition) is 1. The molecule has 0 spiro atoms. The maximum Gasteiger partial charge on any atom is 0.226 e. The molecule has 2 rings (SSSR count). The van der Waals surface area contributed by atoms with Crippen LogP contribution in [0.4, 0.5) is 0 Å². The quantitative estimate of drug-likeness (QED) is 0.876. The Kier molecular flexibility index (Phi) is 4.20. The number of rotatable bonds is 4. The van der Waals surface area contributed by atoms with Crippen LogP contribution in [0.15, 0.2) is 24.3 Å². The maximum absolute atomic E-state index is 11.8. The van der Waals surface area contributed by atoms with Crippen LogP contribution in [-0.2, 0) is 4.79 Å². The number of carbonyl (C=O) groups is 1. The highest BCUT2D eigenvalue weighted by Gasteiger charge is 2.23. The highest BCUT2D eigenvalue weighted by atomic mass is 16.5. The lowest BCUT2D eigenvalue weighted by Gasteiger charge is -2.15. The van der Waals surface area contributed by atoms with Gasteiger partial charge in [-0.3, -0.25) is 4.79 Å². The third-order valence-electron chi connectivity index (χ3n) is 3.12. The average molecular weight is 249 g/mol. The number of aliphatic hydroxyl groups excluding tert-OH is 1. The summed E-state index contributed by atoms with van der Waals surface area (Å²) in [5.41, 5.74) is 1.18. The van der Waals surface area contributed by atoms with Gasteiger partial charge in [0.15, 0.2) is 0 Å². The summed E-state index contributed by atoms with van der Waals surface area (Å²) in [5, 5.41) is 9.35. The lowest BCUT2D eigenvalue weighted by molar-refractivity contribution is -0.131. The van der Waals surface area contributed by atoms with Gasteiger partial charge in [0.2, 0.25) is 5.91 Å². The van der Waals surface area contributed by atoms with Gasteiger partial charge in [-0.1, -0.05) is 17.7 Å². The topological polar surface area (TPSA) is 49.8 Å². The normalized spacial score (nSPS) is 19.0. The first-order valence-electron chi connectivity index (χ1n) is 6.30. The van der Waals surface area contributed by atoms with E-state index in [-0.39, 0.29) is 12.0 Å². The first-order chi connectivity index (χ1) is 8.65. The van der Waals surface area contributed by atoms with Crippen molar-refractivity contribution >= 4 is 5.91 Å². The number of amides is 1. The van der Waals surface area contributed by atoms with E-state index in [1.54, 1.807) is 4.90 Å². The smallest absolute Gasteiger partial charge is 0.226 e. The summed E-state index contributed by atoms with van der Waals surface area (Å²) in [7, 11) is 0. The maximum atomic E-state index is 11.8. The van der Waals surface area contributed by atoms with E-state index in [0.717, 1.165) is 5.75 Å². The fraction of sp³-hybridized carbons (Fsp3) is 0.500. The summed E-state index contributed by atoms with van der Waals surface area (Å²) in [6, 6.07) is 7.76. The second-order valence-electron chi connectivity index (χ2n) is 4.69. The zero-order valence-corrected chi connectivity index (χ0v) is 10.6. The molecule has 1 aromatic carbocycles. The molecular formula is C14H19NO3. The Morgan fingerprint density at radius 1 is 1.44 bits per heavy atom. The van der Waals surface area contributed by atoms with E-state index in [1.165, 1.54) is 5.56 Å². The van der Waals surface area contributed by atoms with Gasteiger partial charge < -0.3 is 14.7 Å². The van der Waals surface area contributed by atoms with Crippen molar-refractivity contribution in [2.45, 2.75) is 25.9 Å². The van der Waals surface area contributed by atoms with Gasteiger partial charge in [-0.15, -0.1) is 0 Å². The van der Waals surface area contributed by atoms with Crippen LogP contribution in [0.25, 0.3) is 0 Å². The molecule has 1 aromatic rings. The SMILES string of the molecule is Cc1ccc(OCCC(=O)N2CCC(O)C2)cc1. The molecule has 1 heterocycles. The zero-order valence-electron chi connectivity index (χ0n) is 10.6. The summed E-state index contributed by atoms with van der Waals surface area (Å²) in [6.07, 6.45) is 0.692. The van der Waals surface area contributed by atoms with Gasteiger partial charge in [-0.05, 0) is 25.5 Å². The van der Waals surface area contributed by atoms with Gasteiger partial charge in [0.1, 0.15) is 5.75 Å². The van der Waals surface area contributed by atoms with Gasteiger partial charge in [0.05, 0.1) is 19.1 Å². The third kappa shape index (κ3) is 3.47. The van der Waals surface area contributed by atoms with Crippen LogP contribution in [-0.4, -0.2) is 41.7 Å². The number of aryl methyl sites for hydroxylation is 1. The summed E-state index contributed by atoms with van der Waals surface area (Å²) in [6.45, 7) is 3.52. The van der Waals surface area contributed by atoms with Crippen molar-refractivity contribution in [3.05, 3.63) is 29.8 Å².